The van der Waals surface area contributed by atoms with E-state index in [2.05, 4.69) is 33.8 Å². The van der Waals surface area contributed by atoms with Crippen molar-refractivity contribution in [3.8, 4) is 11.1 Å². The molecule has 0 spiro atoms. The number of carbonyl (C=O) groups excluding carboxylic acids is 2. The van der Waals surface area contributed by atoms with E-state index in [9.17, 15) is 9.59 Å². The van der Waals surface area contributed by atoms with E-state index in [4.69, 9.17) is 0 Å². The molecule has 3 aromatic carbocycles. The second-order valence-corrected chi connectivity index (χ2v) is 8.35. The van der Waals surface area contributed by atoms with E-state index in [0.29, 0.717) is 25.2 Å². The number of rotatable bonds is 5. The Hall–Kier alpha value is -4.06. The first-order valence-electron chi connectivity index (χ1n) is 11.2. The Morgan fingerprint density at radius 2 is 1.79 bits per heavy atom. The highest BCUT2D eigenvalue weighted by atomic mass is 16.2. The molecule has 1 aliphatic rings. The van der Waals surface area contributed by atoms with Gasteiger partial charge in [0.1, 0.15) is 6.04 Å². The highest BCUT2D eigenvalue weighted by Gasteiger charge is 2.34. The number of aromatic nitrogens is 1. The summed E-state index contributed by atoms with van der Waals surface area (Å²) in [6.45, 7) is 1.03. The number of amides is 3. The smallest absolute Gasteiger partial charge is 0.322 e. The molecule has 5 rings (SSSR count). The van der Waals surface area contributed by atoms with E-state index >= 15 is 0 Å². The zero-order valence-corrected chi connectivity index (χ0v) is 18.3. The third-order valence-electron chi connectivity index (χ3n) is 6.13. The lowest BCUT2D eigenvalue weighted by Crippen LogP contribution is -2.47. The maximum absolute atomic E-state index is 13.0. The van der Waals surface area contributed by atoms with E-state index in [-0.39, 0.29) is 11.9 Å². The number of H-pyrrole nitrogens is 1. The van der Waals surface area contributed by atoms with Crippen LogP contribution in [0.5, 0.6) is 0 Å². The van der Waals surface area contributed by atoms with Gasteiger partial charge in [0, 0.05) is 30.5 Å². The number of likely N-dealkylation sites (tertiary alicyclic amines) is 1. The molecule has 0 radical (unpaired) electrons. The Balaban J connectivity index is 1.25. The van der Waals surface area contributed by atoms with Crippen molar-refractivity contribution in [2.75, 3.05) is 11.9 Å². The number of carbonyl (C=O) groups is 2. The quantitative estimate of drug-likeness (QED) is 0.403. The molecule has 1 atom stereocenters. The lowest BCUT2D eigenvalue weighted by Gasteiger charge is -2.24. The van der Waals surface area contributed by atoms with Gasteiger partial charge in [0.15, 0.2) is 0 Å². The van der Waals surface area contributed by atoms with Crippen LogP contribution in [0.4, 0.5) is 10.5 Å². The van der Waals surface area contributed by atoms with Gasteiger partial charge in [-0.1, -0.05) is 48.5 Å². The predicted octanol–water partition coefficient (Wildman–Crippen LogP) is 5.15. The van der Waals surface area contributed by atoms with Crippen molar-refractivity contribution in [3.63, 3.8) is 0 Å². The van der Waals surface area contributed by atoms with Gasteiger partial charge in [0.25, 0.3) is 0 Å². The van der Waals surface area contributed by atoms with Crippen LogP contribution in [-0.2, 0) is 11.3 Å². The molecular formula is C27H26N4O2. The Bertz CT molecular complexity index is 1280. The average Bonchev–Trinajstić information content (AvgIpc) is 3.53. The van der Waals surface area contributed by atoms with Crippen LogP contribution in [0, 0.1) is 0 Å². The molecular weight excluding hydrogens is 412 g/mol. The summed E-state index contributed by atoms with van der Waals surface area (Å²) in [7, 11) is 0. The van der Waals surface area contributed by atoms with Crippen LogP contribution in [0.1, 0.15) is 18.4 Å². The second kappa shape index (κ2) is 9.20. The summed E-state index contributed by atoms with van der Waals surface area (Å²) in [5.41, 5.74) is 4.94. The topological polar surface area (TPSA) is 77.2 Å². The highest BCUT2D eigenvalue weighted by molar-refractivity contribution is 5.95. The largest absolute Gasteiger partial charge is 0.361 e. The molecule has 33 heavy (non-hydrogen) atoms. The van der Waals surface area contributed by atoms with E-state index < -0.39 is 6.04 Å². The van der Waals surface area contributed by atoms with Crippen LogP contribution in [-0.4, -0.2) is 34.4 Å². The van der Waals surface area contributed by atoms with Gasteiger partial charge in [0.2, 0.25) is 5.91 Å². The molecule has 1 saturated heterocycles. The maximum atomic E-state index is 13.0. The predicted molar refractivity (Wildman–Crippen MR) is 131 cm³/mol. The van der Waals surface area contributed by atoms with Gasteiger partial charge in [-0.15, -0.1) is 0 Å². The summed E-state index contributed by atoms with van der Waals surface area (Å²) >= 11 is 0. The average molecular weight is 439 g/mol. The third-order valence-corrected chi connectivity index (χ3v) is 6.13. The summed E-state index contributed by atoms with van der Waals surface area (Å²) in [6, 6.07) is 25.2. The van der Waals surface area contributed by atoms with Crippen LogP contribution in [0.2, 0.25) is 0 Å². The molecule has 0 saturated carbocycles. The van der Waals surface area contributed by atoms with Crippen molar-refractivity contribution in [2.24, 2.45) is 0 Å². The Morgan fingerprint density at radius 3 is 2.67 bits per heavy atom. The zero-order chi connectivity index (χ0) is 22.6. The van der Waals surface area contributed by atoms with Crippen molar-refractivity contribution in [2.45, 2.75) is 25.4 Å². The number of hydrogen-bond donors (Lipinski definition) is 3. The summed E-state index contributed by atoms with van der Waals surface area (Å²) in [5.74, 6) is -0.111. The van der Waals surface area contributed by atoms with Crippen molar-refractivity contribution in [1.82, 2.24) is 15.2 Å². The molecule has 0 aliphatic carbocycles. The minimum atomic E-state index is -0.451. The summed E-state index contributed by atoms with van der Waals surface area (Å²) in [5, 5.41) is 7.10. The molecule has 0 unspecified atom stereocenters. The van der Waals surface area contributed by atoms with Crippen LogP contribution in [0.15, 0.2) is 85.1 Å². The van der Waals surface area contributed by atoms with Gasteiger partial charge < -0.3 is 20.5 Å². The molecule has 0 bridgehead atoms. The Labute approximate surface area is 192 Å². The Kier molecular flexibility index (Phi) is 5.81. The molecule has 1 aromatic heterocycles. The fraction of sp³-hybridized carbons (Fsp3) is 0.185. The number of nitrogens with zero attached hydrogens (tertiary/aromatic N) is 1. The molecule has 166 valence electrons. The van der Waals surface area contributed by atoms with Crippen LogP contribution >= 0.6 is 0 Å². The number of fused-ring (bicyclic) bond motifs is 1. The van der Waals surface area contributed by atoms with Gasteiger partial charge >= 0.3 is 6.03 Å². The first-order valence-corrected chi connectivity index (χ1v) is 11.2. The van der Waals surface area contributed by atoms with Crippen molar-refractivity contribution < 1.29 is 9.59 Å². The van der Waals surface area contributed by atoms with Gasteiger partial charge in [0.05, 0.1) is 0 Å². The number of anilines is 1. The minimum absolute atomic E-state index is 0.111. The van der Waals surface area contributed by atoms with Crippen molar-refractivity contribution in [3.05, 3.63) is 90.6 Å². The molecule has 1 aliphatic heterocycles. The van der Waals surface area contributed by atoms with Gasteiger partial charge in [-0.25, -0.2) is 4.79 Å². The molecule has 3 amide bonds. The van der Waals surface area contributed by atoms with Crippen molar-refractivity contribution in [1.29, 1.82) is 0 Å². The lowest BCUT2D eigenvalue weighted by molar-refractivity contribution is -0.124. The number of urea groups is 1. The number of hydrogen-bond acceptors (Lipinski definition) is 2. The molecule has 4 aromatic rings. The third kappa shape index (κ3) is 4.60. The number of nitrogens with one attached hydrogen (secondary N) is 3. The minimum Gasteiger partial charge on any atom is -0.361 e. The first-order chi connectivity index (χ1) is 16.2. The fourth-order valence-electron chi connectivity index (χ4n) is 4.39. The molecule has 1 fully saturated rings. The molecule has 2 heterocycles. The summed E-state index contributed by atoms with van der Waals surface area (Å²) < 4.78 is 0. The van der Waals surface area contributed by atoms with Gasteiger partial charge in [-0.3, -0.25) is 4.79 Å². The normalized spacial score (nSPS) is 15.5. The lowest BCUT2D eigenvalue weighted by atomic mass is 10.0. The Morgan fingerprint density at radius 1 is 0.939 bits per heavy atom. The summed E-state index contributed by atoms with van der Waals surface area (Å²) in [4.78, 5) is 30.6. The number of benzene rings is 3. The second-order valence-electron chi connectivity index (χ2n) is 8.35. The summed E-state index contributed by atoms with van der Waals surface area (Å²) in [6.07, 6.45) is 3.41. The SMILES string of the molecule is O=C(NCc1ccccc1)[C@@H]1CCCN1C(=O)Nc1cccc(-c2ccc3[nH]ccc3c2)c1. The van der Waals surface area contributed by atoms with Gasteiger partial charge in [-0.05, 0) is 65.3 Å². The monoisotopic (exact) mass is 438 g/mol. The van der Waals surface area contributed by atoms with E-state index in [1.54, 1.807) is 4.90 Å². The van der Waals surface area contributed by atoms with Crippen LogP contribution in [0.25, 0.3) is 22.0 Å². The standard InChI is InChI=1S/C27H26N4O2/c32-26(29-18-19-6-2-1-3-7-19)25-10-5-15-31(25)27(33)30-23-9-4-8-20(17-23)21-11-12-24-22(16-21)13-14-28-24/h1-4,6-9,11-14,16-17,25,28H,5,10,15,18H2,(H,29,32)(H,30,33)/t25-/m0/s1. The van der Waals surface area contributed by atoms with Gasteiger partial charge in [-0.2, -0.15) is 0 Å². The maximum Gasteiger partial charge on any atom is 0.322 e. The van der Waals surface area contributed by atoms with Crippen LogP contribution < -0.4 is 10.6 Å². The van der Waals surface area contributed by atoms with Crippen molar-refractivity contribution >= 4 is 28.5 Å². The molecule has 3 N–H and O–H groups in total. The zero-order valence-electron chi connectivity index (χ0n) is 18.3. The fourth-order valence-corrected chi connectivity index (χ4v) is 4.39. The van der Waals surface area contributed by atoms with E-state index in [0.717, 1.165) is 34.0 Å². The molecule has 6 heteroatoms. The number of aromatic amines is 1. The highest BCUT2D eigenvalue weighted by Crippen LogP contribution is 2.27. The van der Waals surface area contributed by atoms with E-state index in [1.165, 1.54) is 0 Å². The molecule has 6 nitrogen and oxygen atoms in total. The van der Waals surface area contributed by atoms with E-state index in [1.807, 2.05) is 66.9 Å². The first kappa shape index (κ1) is 20.8. The van der Waals surface area contributed by atoms with Crippen LogP contribution in [0.3, 0.4) is 0 Å².